The van der Waals surface area contributed by atoms with E-state index in [-0.39, 0.29) is 11.9 Å². The first-order valence-corrected chi connectivity index (χ1v) is 4.03. The number of carbonyl (C=O) groups excluding carboxylic acids is 1. The van der Waals surface area contributed by atoms with E-state index in [2.05, 4.69) is 11.9 Å². The highest BCUT2D eigenvalue weighted by molar-refractivity contribution is 5.87. The second-order valence-corrected chi connectivity index (χ2v) is 3.02. The summed E-state index contributed by atoms with van der Waals surface area (Å²) in [6.07, 6.45) is 1.27. The van der Waals surface area contributed by atoms with Crippen molar-refractivity contribution >= 4 is 5.91 Å². The first kappa shape index (κ1) is 11.2. The molecule has 0 saturated carbocycles. The van der Waals surface area contributed by atoms with E-state index in [9.17, 15) is 4.79 Å². The van der Waals surface area contributed by atoms with Crippen LogP contribution in [0.15, 0.2) is 12.7 Å². The average Bonchev–Trinajstić information content (AvgIpc) is 2.03. The van der Waals surface area contributed by atoms with Gasteiger partial charge in [-0.1, -0.05) is 20.4 Å². The maximum atomic E-state index is 10.9. The lowest BCUT2D eigenvalue weighted by Gasteiger charge is -2.20. The van der Waals surface area contributed by atoms with Gasteiger partial charge in [0.2, 0.25) is 5.91 Å². The van der Waals surface area contributed by atoms with E-state index in [1.165, 1.54) is 6.08 Å². The molecule has 0 aliphatic carbocycles. The molecule has 3 heteroatoms. The number of nitrogens with one attached hydrogen (secondary N) is 1. The lowest BCUT2D eigenvalue weighted by atomic mass is 10.1. The molecule has 12 heavy (non-hydrogen) atoms. The van der Waals surface area contributed by atoms with Crippen molar-refractivity contribution in [2.45, 2.75) is 19.9 Å². The monoisotopic (exact) mass is 171 g/mol. The fourth-order valence-electron chi connectivity index (χ4n) is 0.822. The maximum absolute atomic E-state index is 10.9. The fraction of sp³-hybridized carbons (Fsp3) is 0.667. The molecule has 0 radical (unpaired) electrons. The van der Waals surface area contributed by atoms with Crippen molar-refractivity contribution in [2.24, 2.45) is 5.92 Å². The van der Waals surface area contributed by atoms with Gasteiger partial charge in [0, 0.05) is 7.11 Å². The summed E-state index contributed by atoms with van der Waals surface area (Å²) in [5.74, 6) is 0.222. The van der Waals surface area contributed by atoms with E-state index in [4.69, 9.17) is 4.74 Å². The van der Waals surface area contributed by atoms with Crippen LogP contribution in [0.4, 0.5) is 0 Å². The Morgan fingerprint density at radius 3 is 2.58 bits per heavy atom. The Morgan fingerprint density at radius 2 is 2.25 bits per heavy atom. The molecule has 0 spiro atoms. The van der Waals surface area contributed by atoms with E-state index >= 15 is 0 Å². The minimum Gasteiger partial charge on any atom is -0.383 e. The Balaban J connectivity index is 3.94. The number of hydrogen-bond donors (Lipinski definition) is 1. The molecule has 0 heterocycles. The normalized spacial score (nSPS) is 12.7. The lowest BCUT2D eigenvalue weighted by molar-refractivity contribution is -0.117. The van der Waals surface area contributed by atoms with Gasteiger partial charge in [0.25, 0.3) is 0 Å². The molecule has 0 aliphatic heterocycles. The minimum atomic E-state index is -0.147. The second kappa shape index (κ2) is 5.77. The Hall–Kier alpha value is -0.830. The highest BCUT2D eigenvalue weighted by atomic mass is 16.5. The Bertz CT molecular complexity index is 155. The lowest BCUT2D eigenvalue weighted by Crippen LogP contribution is -2.40. The third kappa shape index (κ3) is 4.13. The molecule has 0 fully saturated rings. The van der Waals surface area contributed by atoms with Gasteiger partial charge in [-0.25, -0.2) is 0 Å². The third-order valence-corrected chi connectivity index (χ3v) is 1.66. The van der Waals surface area contributed by atoms with Gasteiger partial charge < -0.3 is 10.1 Å². The van der Waals surface area contributed by atoms with Gasteiger partial charge >= 0.3 is 0 Å². The smallest absolute Gasteiger partial charge is 0.243 e. The van der Waals surface area contributed by atoms with Gasteiger partial charge in [0.1, 0.15) is 0 Å². The molecule has 0 bridgehead atoms. The summed E-state index contributed by atoms with van der Waals surface area (Å²) in [7, 11) is 1.62. The number of rotatable bonds is 5. The number of ether oxygens (including phenoxy) is 1. The van der Waals surface area contributed by atoms with Crippen LogP contribution in [0.5, 0.6) is 0 Å². The standard InChI is InChI=1S/C9H17NO2/c1-5-9(11)10-8(6-12-4)7(2)3/h5,7-8H,1,6H2,2-4H3,(H,10,11). The second-order valence-electron chi connectivity index (χ2n) is 3.02. The minimum absolute atomic E-state index is 0.0699. The van der Waals surface area contributed by atoms with Crippen LogP contribution in [0.1, 0.15) is 13.8 Å². The van der Waals surface area contributed by atoms with Crippen molar-refractivity contribution in [3.63, 3.8) is 0 Å². The van der Waals surface area contributed by atoms with Gasteiger partial charge in [0.15, 0.2) is 0 Å². The van der Waals surface area contributed by atoms with Crippen LogP contribution in [-0.4, -0.2) is 25.7 Å². The third-order valence-electron chi connectivity index (χ3n) is 1.66. The predicted molar refractivity (Wildman–Crippen MR) is 48.8 cm³/mol. The first-order chi connectivity index (χ1) is 5.61. The molecule has 3 nitrogen and oxygen atoms in total. The zero-order valence-electron chi connectivity index (χ0n) is 7.96. The van der Waals surface area contributed by atoms with Crippen molar-refractivity contribution in [1.29, 1.82) is 0 Å². The highest BCUT2D eigenvalue weighted by Gasteiger charge is 2.13. The molecule has 0 aromatic rings. The summed E-state index contributed by atoms with van der Waals surface area (Å²) in [5, 5.41) is 2.79. The summed E-state index contributed by atoms with van der Waals surface area (Å²) in [5.41, 5.74) is 0. The summed E-state index contributed by atoms with van der Waals surface area (Å²) >= 11 is 0. The summed E-state index contributed by atoms with van der Waals surface area (Å²) in [4.78, 5) is 10.9. The fourth-order valence-corrected chi connectivity index (χ4v) is 0.822. The Labute approximate surface area is 73.8 Å². The molecule has 0 aromatic carbocycles. The molecular weight excluding hydrogens is 154 g/mol. The van der Waals surface area contributed by atoms with E-state index < -0.39 is 0 Å². The van der Waals surface area contributed by atoms with Crippen LogP contribution in [0, 0.1) is 5.92 Å². The first-order valence-electron chi connectivity index (χ1n) is 4.03. The van der Waals surface area contributed by atoms with E-state index in [1.807, 2.05) is 13.8 Å². The van der Waals surface area contributed by atoms with Gasteiger partial charge in [0.05, 0.1) is 12.6 Å². The van der Waals surface area contributed by atoms with Crippen LogP contribution in [-0.2, 0) is 9.53 Å². The van der Waals surface area contributed by atoms with Gasteiger partial charge in [-0.15, -0.1) is 0 Å². The summed E-state index contributed by atoms with van der Waals surface area (Å²) < 4.78 is 4.96. The molecule has 0 aromatic heterocycles. The molecule has 0 saturated heterocycles. The number of carbonyl (C=O) groups is 1. The van der Waals surface area contributed by atoms with Crippen LogP contribution in [0.3, 0.4) is 0 Å². The van der Waals surface area contributed by atoms with Crippen LogP contribution in [0.25, 0.3) is 0 Å². The number of hydrogen-bond acceptors (Lipinski definition) is 2. The topological polar surface area (TPSA) is 38.3 Å². The predicted octanol–water partition coefficient (Wildman–Crippen LogP) is 0.960. The van der Waals surface area contributed by atoms with E-state index in [1.54, 1.807) is 7.11 Å². The molecule has 1 atom stereocenters. The van der Waals surface area contributed by atoms with Crippen molar-refractivity contribution in [3.8, 4) is 0 Å². The van der Waals surface area contributed by atoms with Crippen molar-refractivity contribution in [3.05, 3.63) is 12.7 Å². The largest absolute Gasteiger partial charge is 0.383 e. The Morgan fingerprint density at radius 1 is 1.67 bits per heavy atom. The maximum Gasteiger partial charge on any atom is 0.243 e. The summed E-state index contributed by atoms with van der Waals surface area (Å²) in [6, 6.07) is 0.0699. The molecule has 1 amide bonds. The van der Waals surface area contributed by atoms with Crippen LogP contribution >= 0.6 is 0 Å². The quantitative estimate of drug-likeness (QED) is 0.626. The average molecular weight is 171 g/mol. The zero-order valence-corrected chi connectivity index (χ0v) is 7.96. The molecule has 0 aliphatic rings. The molecule has 1 unspecified atom stereocenters. The van der Waals surface area contributed by atoms with Gasteiger partial charge in [-0.3, -0.25) is 4.79 Å². The van der Waals surface area contributed by atoms with Crippen molar-refractivity contribution in [2.75, 3.05) is 13.7 Å². The molecular formula is C9H17NO2. The highest BCUT2D eigenvalue weighted by Crippen LogP contribution is 2.01. The molecule has 70 valence electrons. The van der Waals surface area contributed by atoms with E-state index in [0.717, 1.165) is 0 Å². The molecule has 1 N–H and O–H groups in total. The van der Waals surface area contributed by atoms with Crippen LogP contribution < -0.4 is 5.32 Å². The van der Waals surface area contributed by atoms with Gasteiger partial charge in [-0.05, 0) is 12.0 Å². The van der Waals surface area contributed by atoms with Crippen molar-refractivity contribution in [1.82, 2.24) is 5.32 Å². The van der Waals surface area contributed by atoms with Gasteiger partial charge in [-0.2, -0.15) is 0 Å². The number of amides is 1. The SMILES string of the molecule is C=CC(=O)NC(COC)C(C)C. The molecule has 0 rings (SSSR count). The number of methoxy groups -OCH3 is 1. The zero-order chi connectivity index (χ0) is 9.56. The summed E-state index contributed by atoms with van der Waals surface area (Å²) in [6.45, 7) is 7.99. The Kier molecular flexibility index (Phi) is 5.37. The van der Waals surface area contributed by atoms with Crippen molar-refractivity contribution < 1.29 is 9.53 Å². The van der Waals surface area contributed by atoms with E-state index in [0.29, 0.717) is 12.5 Å². The van der Waals surface area contributed by atoms with Crippen LogP contribution in [0.2, 0.25) is 0 Å².